The van der Waals surface area contributed by atoms with Crippen LogP contribution in [-0.2, 0) is 6.42 Å². The minimum absolute atomic E-state index is 0. The Bertz CT molecular complexity index is 585. The summed E-state index contributed by atoms with van der Waals surface area (Å²) in [6, 6.07) is 7.73. The summed E-state index contributed by atoms with van der Waals surface area (Å²) in [5, 5.41) is 3.83. The van der Waals surface area contributed by atoms with Crippen LogP contribution in [0.3, 0.4) is 0 Å². The molecule has 0 bridgehead atoms. The molecule has 1 aromatic heterocycles. The molecule has 0 amide bonds. The van der Waals surface area contributed by atoms with Crippen LogP contribution in [0.1, 0.15) is 11.4 Å². The summed E-state index contributed by atoms with van der Waals surface area (Å²) in [5.41, 5.74) is 1.90. The van der Waals surface area contributed by atoms with Crippen LogP contribution in [0.2, 0.25) is 5.02 Å². The number of benzene rings is 1. The fourth-order valence-corrected chi connectivity index (χ4v) is 3.53. The largest absolute Gasteiger partial charge is 0.241 e. The number of hydrogen-bond acceptors (Lipinski definition) is 2. The Balaban J connectivity index is 0.00000133. The van der Waals surface area contributed by atoms with Gasteiger partial charge in [-0.25, -0.2) is 4.98 Å². The number of thiazole rings is 1. The highest BCUT2D eigenvalue weighted by Gasteiger charge is 2.51. The van der Waals surface area contributed by atoms with Gasteiger partial charge in [0.05, 0.1) is 10.7 Å². The smallest absolute Gasteiger partial charge is 0.122 e. The Hall–Kier alpha value is 0.200. The average Bonchev–Trinajstić information content (AvgIpc) is 2.75. The Kier molecular flexibility index (Phi) is 4.84. The van der Waals surface area contributed by atoms with Crippen molar-refractivity contribution in [1.29, 1.82) is 0 Å². The summed E-state index contributed by atoms with van der Waals surface area (Å²) in [4.78, 5) is 4.60. The van der Waals surface area contributed by atoms with Crippen molar-refractivity contribution in [2.75, 3.05) is 0 Å². The Morgan fingerprint density at radius 1 is 1.32 bits per heavy atom. The van der Waals surface area contributed by atoms with Crippen LogP contribution >= 0.6 is 63.1 Å². The standard InChI is InChI=1S/C13H10Cl3NS.BrH/c14-10-4-2-1-3-9(10)11-7-18-12(17-11)5-8-6-13(8,15)16;/h1-4,7-8H,5-6H2;1H. The van der Waals surface area contributed by atoms with Gasteiger partial charge >= 0.3 is 0 Å². The summed E-state index contributed by atoms with van der Waals surface area (Å²) in [6.07, 6.45) is 1.71. The molecule has 0 saturated heterocycles. The lowest BCUT2D eigenvalue weighted by atomic mass is 10.2. The van der Waals surface area contributed by atoms with Crippen LogP contribution in [0.25, 0.3) is 11.3 Å². The summed E-state index contributed by atoms with van der Waals surface area (Å²) in [5.74, 6) is 0.339. The molecule has 0 aliphatic heterocycles. The van der Waals surface area contributed by atoms with Gasteiger partial charge in [-0.3, -0.25) is 0 Å². The molecule has 1 aliphatic rings. The molecular weight excluding hydrogens is 388 g/mol. The van der Waals surface area contributed by atoms with Crippen molar-refractivity contribution >= 4 is 63.1 Å². The predicted octanol–water partition coefficient (Wildman–Crippen LogP) is 5.78. The SMILES string of the molecule is Br.Clc1ccccc1-c1csc(CC2CC2(Cl)Cl)n1. The number of nitrogens with zero attached hydrogens (tertiary/aromatic N) is 1. The van der Waals surface area contributed by atoms with E-state index in [1.165, 1.54) is 0 Å². The van der Waals surface area contributed by atoms with E-state index >= 15 is 0 Å². The third-order valence-electron chi connectivity index (χ3n) is 3.08. The molecule has 1 aromatic carbocycles. The molecule has 102 valence electrons. The van der Waals surface area contributed by atoms with Gasteiger partial charge in [0, 0.05) is 28.3 Å². The molecule has 1 fully saturated rings. The van der Waals surface area contributed by atoms with Gasteiger partial charge in [0.2, 0.25) is 0 Å². The molecule has 1 nitrogen and oxygen atoms in total. The maximum atomic E-state index is 6.15. The van der Waals surface area contributed by atoms with Gasteiger partial charge in [-0.1, -0.05) is 29.8 Å². The highest BCUT2D eigenvalue weighted by molar-refractivity contribution is 8.93. The lowest BCUT2D eigenvalue weighted by Crippen LogP contribution is -1.94. The summed E-state index contributed by atoms with van der Waals surface area (Å²) in [7, 11) is 0. The first-order chi connectivity index (χ1) is 8.56. The minimum Gasteiger partial charge on any atom is -0.241 e. The molecule has 1 aliphatic carbocycles. The van der Waals surface area contributed by atoms with Gasteiger partial charge in [0.15, 0.2) is 0 Å². The van der Waals surface area contributed by atoms with E-state index < -0.39 is 4.33 Å². The Morgan fingerprint density at radius 3 is 2.63 bits per heavy atom. The third-order valence-corrected chi connectivity index (χ3v) is 5.20. The topological polar surface area (TPSA) is 12.9 Å². The van der Waals surface area contributed by atoms with E-state index in [1.54, 1.807) is 11.3 Å². The fraction of sp³-hybridized carbons (Fsp3) is 0.308. The molecule has 0 spiro atoms. The summed E-state index contributed by atoms with van der Waals surface area (Å²) in [6.45, 7) is 0. The van der Waals surface area contributed by atoms with E-state index in [-0.39, 0.29) is 17.0 Å². The van der Waals surface area contributed by atoms with Crippen LogP contribution < -0.4 is 0 Å². The zero-order chi connectivity index (χ0) is 12.8. The van der Waals surface area contributed by atoms with Crippen molar-refractivity contribution < 1.29 is 0 Å². The van der Waals surface area contributed by atoms with Gasteiger partial charge in [-0.05, 0) is 12.5 Å². The lowest BCUT2D eigenvalue weighted by Gasteiger charge is -1.99. The van der Waals surface area contributed by atoms with Crippen LogP contribution in [0.15, 0.2) is 29.6 Å². The minimum atomic E-state index is -0.532. The molecule has 1 atom stereocenters. The van der Waals surface area contributed by atoms with Gasteiger partial charge < -0.3 is 0 Å². The number of alkyl halides is 2. The van der Waals surface area contributed by atoms with Crippen molar-refractivity contribution in [2.24, 2.45) is 5.92 Å². The number of hydrogen-bond donors (Lipinski definition) is 0. The van der Waals surface area contributed by atoms with E-state index in [4.69, 9.17) is 34.8 Å². The number of aromatic nitrogens is 1. The molecule has 2 aromatic rings. The van der Waals surface area contributed by atoms with Crippen molar-refractivity contribution in [3.8, 4) is 11.3 Å². The third kappa shape index (κ3) is 3.45. The fourth-order valence-electron chi connectivity index (χ4n) is 1.90. The van der Waals surface area contributed by atoms with Gasteiger partial charge in [-0.2, -0.15) is 0 Å². The second-order valence-corrected chi connectivity index (χ2v) is 7.36. The first-order valence-electron chi connectivity index (χ1n) is 5.63. The molecule has 3 rings (SSSR count). The summed E-state index contributed by atoms with van der Waals surface area (Å²) < 4.78 is -0.532. The van der Waals surface area contributed by atoms with E-state index in [0.29, 0.717) is 5.92 Å². The average molecular weight is 400 g/mol. The van der Waals surface area contributed by atoms with Crippen molar-refractivity contribution in [2.45, 2.75) is 17.2 Å². The molecular formula is C13H11BrCl3NS. The van der Waals surface area contributed by atoms with Crippen LogP contribution in [0.5, 0.6) is 0 Å². The second-order valence-electron chi connectivity index (χ2n) is 4.47. The maximum absolute atomic E-state index is 6.15. The molecule has 1 saturated carbocycles. The molecule has 1 heterocycles. The van der Waals surface area contributed by atoms with E-state index in [0.717, 1.165) is 34.1 Å². The molecule has 0 N–H and O–H groups in total. The Morgan fingerprint density at radius 2 is 2.00 bits per heavy atom. The first-order valence-corrected chi connectivity index (χ1v) is 7.65. The van der Waals surface area contributed by atoms with Crippen molar-refractivity contribution in [3.63, 3.8) is 0 Å². The molecule has 1 unspecified atom stereocenters. The number of rotatable bonds is 3. The number of halogens is 4. The first kappa shape index (κ1) is 15.6. The Labute approximate surface area is 141 Å². The van der Waals surface area contributed by atoms with Crippen LogP contribution in [-0.4, -0.2) is 9.32 Å². The second kappa shape index (κ2) is 5.90. The zero-order valence-electron chi connectivity index (χ0n) is 9.78. The van der Waals surface area contributed by atoms with Gasteiger partial charge in [0.1, 0.15) is 4.33 Å². The summed E-state index contributed by atoms with van der Waals surface area (Å²) >= 11 is 19.8. The normalized spacial score (nSPS) is 19.8. The quantitative estimate of drug-likeness (QED) is 0.597. The van der Waals surface area contributed by atoms with Crippen molar-refractivity contribution in [3.05, 3.63) is 39.7 Å². The monoisotopic (exact) mass is 397 g/mol. The highest BCUT2D eigenvalue weighted by Crippen LogP contribution is 2.54. The predicted molar refractivity (Wildman–Crippen MR) is 89.1 cm³/mol. The van der Waals surface area contributed by atoms with E-state index in [2.05, 4.69) is 4.98 Å². The van der Waals surface area contributed by atoms with E-state index in [9.17, 15) is 0 Å². The van der Waals surface area contributed by atoms with Gasteiger partial charge in [0.25, 0.3) is 0 Å². The van der Waals surface area contributed by atoms with Gasteiger partial charge in [-0.15, -0.1) is 51.5 Å². The highest BCUT2D eigenvalue weighted by atomic mass is 79.9. The van der Waals surface area contributed by atoms with Crippen molar-refractivity contribution in [1.82, 2.24) is 4.98 Å². The maximum Gasteiger partial charge on any atom is 0.122 e. The van der Waals surface area contributed by atoms with Crippen LogP contribution in [0, 0.1) is 5.92 Å². The van der Waals surface area contributed by atoms with E-state index in [1.807, 2.05) is 29.6 Å². The lowest BCUT2D eigenvalue weighted by molar-refractivity contribution is 0.813. The molecule has 0 radical (unpaired) electrons. The molecule has 6 heteroatoms. The van der Waals surface area contributed by atoms with Crippen LogP contribution in [0.4, 0.5) is 0 Å². The zero-order valence-corrected chi connectivity index (χ0v) is 14.6. The molecule has 19 heavy (non-hydrogen) atoms.